The molecule has 1 N–H and O–H groups in total. The Kier molecular flexibility index (Phi) is 5.12. The van der Waals surface area contributed by atoms with E-state index in [0.29, 0.717) is 21.9 Å². The number of anilines is 1. The molecule has 0 fully saturated rings. The van der Waals surface area contributed by atoms with Crippen LogP contribution in [0.15, 0.2) is 64.4 Å². The van der Waals surface area contributed by atoms with E-state index in [2.05, 4.69) is 16.9 Å². The highest BCUT2D eigenvalue weighted by Gasteiger charge is 2.13. The first-order valence-electron chi connectivity index (χ1n) is 7.25. The van der Waals surface area contributed by atoms with Gasteiger partial charge in [0.1, 0.15) is 4.83 Å². The van der Waals surface area contributed by atoms with E-state index >= 15 is 0 Å². The number of carbonyl (C=O) groups is 1. The molecule has 7 heteroatoms. The van der Waals surface area contributed by atoms with Crippen LogP contribution in [0.5, 0.6) is 0 Å². The number of rotatable bonds is 6. The van der Waals surface area contributed by atoms with Crippen molar-refractivity contribution in [1.29, 1.82) is 0 Å². The molecule has 0 atom stereocenters. The first kappa shape index (κ1) is 16.5. The maximum atomic E-state index is 12.5. The minimum atomic E-state index is -0.142. The summed E-state index contributed by atoms with van der Waals surface area (Å²) in [7, 11) is 0. The van der Waals surface area contributed by atoms with E-state index in [1.165, 1.54) is 23.1 Å². The molecule has 0 radical (unpaired) electrons. The molecule has 0 spiro atoms. The second-order valence-electron chi connectivity index (χ2n) is 4.94. The summed E-state index contributed by atoms with van der Waals surface area (Å²) in [5.41, 5.74) is 0.639. The van der Waals surface area contributed by atoms with Crippen molar-refractivity contribution >= 4 is 44.9 Å². The number of hydrogen-bond acceptors (Lipinski definition) is 5. The molecule has 0 aliphatic rings. The van der Waals surface area contributed by atoms with Gasteiger partial charge in [-0.3, -0.25) is 14.2 Å². The Bertz CT molecular complexity index is 932. The van der Waals surface area contributed by atoms with Gasteiger partial charge in [0, 0.05) is 12.2 Å². The number of benzene rings is 1. The lowest BCUT2D eigenvalue weighted by Crippen LogP contribution is -2.23. The van der Waals surface area contributed by atoms with Gasteiger partial charge in [0.2, 0.25) is 5.91 Å². The fraction of sp³-hybridized carbons (Fsp3) is 0.118. The highest BCUT2D eigenvalue weighted by molar-refractivity contribution is 7.99. The summed E-state index contributed by atoms with van der Waals surface area (Å²) in [6.45, 7) is 4.04. The van der Waals surface area contributed by atoms with Gasteiger partial charge in [0.25, 0.3) is 5.56 Å². The third-order valence-electron chi connectivity index (χ3n) is 3.25. The predicted octanol–water partition coefficient (Wildman–Crippen LogP) is 3.37. The van der Waals surface area contributed by atoms with E-state index in [9.17, 15) is 9.59 Å². The van der Waals surface area contributed by atoms with Gasteiger partial charge in [0.05, 0.1) is 11.1 Å². The molecule has 1 aromatic carbocycles. The summed E-state index contributed by atoms with van der Waals surface area (Å²) in [5.74, 6) is 0.0342. The molecule has 3 aromatic rings. The Morgan fingerprint density at radius 2 is 2.12 bits per heavy atom. The van der Waals surface area contributed by atoms with Crippen LogP contribution in [0, 0.1) is 0 Å². The molecule has 0 saturated carbocycles. The summed E-state index contributed by atoms with van der Waals surface area (Å²) in [4.78, 5) is 29.8. The van der Waals surface area contributed by atoms with Crippen LogP contribution in [0.1, 0.15) is 0 Å². The van der Waals surface area contributed by atoms with Gasteiger partial charge in [-0.2, -0.15) is 0 Å². The summed E-state index contributed by atoms with van der Waals surface area (Å²) >= 11 is 2.66. The van der Waals surface area contributed by atoms with E-state index in [4.69, 9.17) is 0 Å². The van der Waals surface area contributed by atoms with Gasteiger partial charge >= 0.3 is 0 Å². The number of thioether (sulfide) groups is 1. The standard InChI is InChI=1S/C17H15N3O2S2/c1-2-9-20-16(22)13-8-10-23-15(13)19-17(20)24-11-14(21)18-12-6-4-3-5-7-12/h2-8,10H,1,9,11H2,(H,18,21). The molecule has 0 bridgehead atoms. The second kappa shape index (κ2) is 7.46. The van der Waals surface area contributed by atoms with Crippen LogP contribution in [-0.2, 0) is 11.3 Å². The van der Waals surface area contributed by atoms with Crippen molar-refractivity contribution < 1.29 is 4.79 Å². The van der Waals surface area contributed by atoms with Crippen molar-refractivity contribution in [1.82, 2.24) is 9.55 Å². The van der Waals surface area contributed by atoms with Crippen LogP contribution in [0.3, 0.4) is 0 Å². The predicted molar refractivity (Wildman–Crippen MR) is 99.9 cm³/mol. The molecule has 0 unspecified atom stereocenters. The van der Waals surface area contributed by atoms with E-state index in [0.717, 1.165) is 5.69 Å². The Morgan fingerprint density at radius 3 is 2.88 bits per heavy atom. The maximum Gasteiger partial charge on any atom is 0.263 e. The van der Waals surface area contributed by atoms with Gasteiger partial charge < -0.3 is 5.32 Å². The molecule has 3 rings (SSSR count). The topological polar surface area (TPSA) is 64.0 Å². The van der Waals surface area contributed by atoms with E-state index < -0.39 is 0 Å². The Labute approximate surface area is 147 Å². The average molecular weight is 357 g/mol. The largest absolute Gasteiger partial charge is 0.325 e. The molecule has 0 saturated heterocycles. The van der Waals surface area contributed by atoms with Crippen LogP contribution >= 0.6 is 23.1 Å². The zero-order chi connectivity index (χ0) is 16.9. The number of nitrogens with zero attached hydrogens (tertiary/aromatic N) is 2. The Balaban J connectivity index is 1.79. The lowest BCUT2D eigenvalue weighted by molar-refractivity contribution is -0.113. The normalized spacial score (nSPS) is 10.7. The summed E-state index contributed by atoms with van der Waals surface area (Å²) in [6, 6.07) is 11.0. The first-order valence-corrected chi connectivity index (χ1v) is 9.12. The fourth-order valence-electron chi connectivity index (χ4n) is 2.18. The van der Waals surface area contributed by atoms with Gasteiger partial charge in [0.15, 0.2) is 5.16 Å². The van der Waals surface area contributed by atoms with Crippen molar-refractivity contribution in [2.24, 2.45) is 0 Å². The number of carbonyl (C=O) groups excluding carboxylic acids is 1. The molecule has 24 heavy (non-hydrogen) atoms. The summed E-state index contributed by atoms with van der Waals surface area (Å²) in [5, 5.41) is 5.78. The van der Waals surface area contributed by atoms with E-state index in [-0.39, 0.29) is 17.2 Å². The van der Waals surface area contributed by atoms with Crippen LogP contribution < -0.4 is 10.9 Å². The summed E-state index contributed by atoms with van der Waals surface area (Å²) < 4.78 is 1.54. The van der Waals surface area contributed by atoms with Crippen LogP contribution in [0.4, 0.5) is 5.69 Å². The lowest BCUT2D eigenvalue weighted by atomic mass is 10.3. The maximum absolute atomic E-state index is 12.5. The molecule has 0 aliphatic heterocycles. The monoisotopic (exact) mass is 357 g/mol. The number of aromatic nitrogens is 2. The molecule has 1 amide bonds. The van der Waals surface area contributed by atoms with Crippen LogP contribution in [-0.4, -0.2) is 21.2 Å². The zero-order valence-corrected chi connectivity index (χ0v) is 14.4. The molecular formula is C17H15N3O2S2. The minimum absolute atomic E-state index is 0.105. The van der Waals surface area contributed by atoms with Crippen LogP contribution in [0.2, 0.25) is 0 Å². The molecular weight excluding hydrogens is 342 g/mol. The Morgan fingerprint density at radius 1 is 1.33 bits per heavy atom. The highest BCUT2D eigenvalue weighted by atomic mass is 32.2. The molecule has 5 nitrogen and oxygen atoms in total. The third-order valence-corrected chi connectivity index (χ3v) is 5.03. The number of amides is 1. The number of para-hydroxylation sites is 1. The smallest absolute Gasteiger partial charge is 0.263 e. The highest BCUT2D eigenvalue weighted by Crippen LogP contribution is 2.21. The molecule has 2 aromatic heterocycles. The average Bonchev–Trinajstić information content (AvgIpc) is 3.05. The van der Waals surface area contributed by atoms with Crippen LogP contribution in [0.25, 0.3) is 10.2 Å². The number of hydrogen-bond donors (Lipinski definition) is 1. The Hall–Kier alpha value is -2.38. The van der Waals surface area contributed by atoms with Crippen molar-refractivity contribution in [3.63, 3.8) is 0 Å². The van der Waals surface area contributed by atoms with Gasteiger partial charge in [-0.05, 0) is 23.6 Å². The first-order chi connectivity index (χ1) is 11.7. The molecule has 122 valence electrons. The molecule has 2 heterocycles. The number of nitrogens with one attached hydrogen (secondary N) is 1. The quantitative estimate of drug-likeness (QED) is 0.417. The SMILES string of the molecule is C=CCn1c(SCC(=O)Nc2ccccc2)nc2sccc2c1=O. The van der Waals surface area contributed by atoms with E-state index in [1.54, 1.807) is 16.7 Å². The zero-order valence-electron chi connectivity index (χ0n) is 12.8. The number of thiophene rings is 1. The third kappa shape index (κ3) is 3.58. The lowest BCUT2D eigenvalue weighted by Gasteiger charge is -2.10. The fourth-order valence-corrected chi connectivity index (χ4v) is 3.79. The second-order valence-corrected chi connectivity index (χ2v) is 6.78. The van der Waals surface area contributed by atoms with Crippen molar-refractivity contribution in [3.8, 4) is 0 Å². The van der Waals surface area contributed by atoms with Crippen molar-refractivity contribution in [2.45, 2.75) is 11.7 Å². The van der Waals surface area contributed by atoms with Gasteiger partial charge in [-0.15, -0.1) is 17.9 Å². The van der Waals surface area contributed by atoms with Gasteiger partial charge in [-0.25, -0.2) is 4.98 Å². The molecule has 0 aliphatic carbocycles. The van der Waals surface area contributed by atoms with Gasteiger partial charge in [-0.1, -0.05) is 36.0 Å². The summed E-state index contributed by atoms with van der Waals surface area (Å²) in [6.07, 6.45) is 1.65. The number of allylic oxidation sites excluding steroid dienone is 1. The van der Waals surface area contributed by atoms with E-state index in [1.807, 2.05) is 35.7 Å². The minimum Gasteiger partial charge on any atom is -0.325 e. The van der Waals surface area contributed by atoms with Crippen molar-refractivity contribution in [2.75, 3.05) is 11.1 Å². The number of fused-ring (bicyclic) bond motifs is 1. The van der Waals surface area contributed by atoms with Crippen molar-refractivity contribution in [3.05, 3.63) is 64.8 Å².